The summed E-state index contributed by atoms with van der Waals surface area (Å²) in [6.45, 7) is 4.65. The number of fused-ring (bicyclic) bond motifs is 4. The highest BCUT2D eigenvalue weighted by Gasteiger charge is 2.38. The second-order valence-corrected chi connectivity index (χ2v) is 7.97. The molecule has 3 saturated heterocycles. The van der Waals surface area contributed by atoms with E-state index in [1.54, 1.807) is 0 Å². The van der Waals surface area contributed by atoms with Gasteiger partial charge in [-0.15, -0.1) is 0 Å². The lowest BCUT2D eigenvalue weighted by Gasteiger charge is -2.36. The highest BCUT2D eigenvalue weighted by Crippen LogP contribution is 2.29. The van der Waals surface area contributed by atoms with E-state index >= 15 is 0 Å². The molecule has 0 unspecified atom stereocenters. The van der Waals surface area contributed by atoms with Crippen molar-refractivity contribution in [2.75, 3.05) is 19.6 Å². The van der Waals surface area contributed by atoms with Crippen LogP contribution in [0.2, 0.25) is 0 Å². The Morgan fingerprint density at radius 2 is 1.71 bits per heavy atom. The van der Waals surface area contributed by atoms with E-state index in [1.807, 2.05) is 52.3 Å². The molecule has 2 atom stereocenters. The van der Waals surface area contributed by atoms with Crippen molar-refractivity contribution < 1.29 is 9.59 Å². The number of piperidine rings is 1. The molecule has 1 N–H and O–H groups in total. The van der Waals surface area contributed by atoms with Gasteiger partial charge in [-0.05, 0) is 43.4 Å². The largest absolute Gasteiger partial charge is 0.336 e. The molecule has 3 amide bonds. The first-order valence-corrected chi connectivity index (χ1v) is 10.0. The summed E-state index contributed by atoms with van der Waals surface area (Å²) < 4.78 is 0. The fourth-order valence-corrected chi connectivity index (χ4v) is 4.24. The summed E-state index contributed by atoms with van der Waals surface area (Å²) in [5, 5.41) is 3.06. The van der Waals surface area contributed by atoms with E-state index in [4.69, 9.17) is 0 Å². The van der Waals surface area contributed by atoms with Gasteiger partial charge in [0.05, 0.1) is 6.04 Å². The second-order valence-electron chi connectivity index (χ2n) is 7.97. The fraction of sp³-hybridized carbons (Fsp3) is 0.391. The van der Waals surface area contributed by atoms with Crippen molar-refractivity contribution in [3.63, 3.8) is 0 Å². The third-order valence-corrected chi connectivity index (χ3v) is 5.85. The summed E-state index contributed by atoms with van der Waals surface area (Å²) >= 11 is 0. The number of nitrogens with one attached hydrogen (secondary N) is 1. The van der Waals surface area contributed by atoms with Crippen molar-refractivity contribution >= 4 is 11.9 Å². The molecule has 0 radical (unpaired) electrons. The smallest absolute Gasteiger partial charge is 0.317 e. The first-order valence-electron chi connectivity index (χ1n) is 10.0. The number of nitrogens with zero attached hydrogens (tertiary/aromatic N) is 2. The fourth-order valence-electron chi connectivity index (χ4n) is 4.24. The van der Waals surface area contributed by atoms with Gasteiger partial charge in [-0.1, -0.05) is 48.0 Å². The van der Waals surface area contributed by atoms with Crippen LogP contribution in [0, 0.1) is 12.8 Å². The lowest BCUT2D eigenvalue weighted by atomic mass is 9.95. The molecule has 2 aromatic carbocycles. The molecule has 3 fully saturated rings. The number of amides is 3. The zero-order valence-electron chi connectivity index (χ0n) is 16.3. The van der Waals surface area contributed by atoms with Crippen molar-refractivity contribution in [3.8, 4) is 0 Å². The van der Waals surface area contributed by atoms with Crippen molar-refractivity contribution in [1.82, 2.24) is 15.1 Å². The molecule has 0 aromatic heterocycles. The molecular weight excluding hydrogens is 350 g/mol. The van der Waals surface area contributed by atoms with Crippen molar-refractivity contribution in [2.24, 2.45) is 5.92 Å². The Bertz CT molecular complexity index is 835. The Labute approximate surface area is 166 Å². The summed E-state index contributed by atoms with van der Waals surface area (Å²) in [4.78, 5) is 29.6. The predicted molar refractivity (Wildman–Crippen MR) is 109 cm³/mol. The molecule has 2 aromatic rings. The maximum Gasteiger partial charge on any atom is 0.317 e. The highest BCUT2D eigenvalue weighted by molar-refractivity contribution is 5.94. The molecular formula is C23H27N3O2. The van der Waals surface area contributed by atoms with Crippen LogP contribution in [-0.4, -0.2) is 47.4 Å². The van der Waals surface area contributed by atoms with E-state index in [9.17, 15) is 9.59 Å². The summed E-state index contributed by atoms with van der Waals surface area (Å²) in [7, 11) is 0. The number of carbonyl (C=O) groups is 2. The van der Waals surface area contributed by atoms with E-state index < -0.39 is 0 Å². The molecule has 3 aliphatic rings. The Kier molecular flexibility index (Phi) is 5.33. The molecule has 2 bridgehead atoms. The highest BCUT2D eigenvalue weighted by atomic mass is 16.2. The first kappa shape index (κ1) is 18.5. The predicted octanol–water partition coefficient (Wildman–Crippen LogP) is 3.44. The number of aryl methyl sites for hydroxylation is 1. The molecule has 146 valence electrons. The third-order valence-electron chi connectivity index (χ3n) is 5.85. The normalized spacial score (nSPS) is 21.3. The Morgan fingerprint density at radius 3 is 2.46 bits per heavy atom. The molecule has 3 aliphatic heterocycles. The van der Waals surface area contributed by atoms with Gasteiger partial charge in [0.25, 0.3) is 5.91 Å². The molecule has 5 nitrogen and oxygen atoms in total. The van der Waals surface area contributed by atoms with Crippen molar-refractivity contribution in [3.05, 3.63) is 71.3 Å². The van der Waals surface area contributed by atoms with E-state index in [-0.39, 0.29) is 18.0 Å². The van der Waals surface area contributed by atoms with Crippen LogP contribution in [0.15, 0.2) is 54.6 Å². The molecule has 3 heterocycles. The standard InChI is InChI=1S/C23H27N3O2/c1-17-7-9-18(10-8-17)13-24-23(28)26-15-19-11-12-21(26)16-25(14-19)22(27)20-5-3-2-4-6-20/h2-10,19,21H,11-16H2,1H3,(H,24,28)/t19-,21+/m0/s1. The third kappa shape index (κ3) is 4.03. The van der Waals surface area contributed by atoms with Gasteiger partial charge in [-0.2, -0.15) is 0 Å². The number of urea groups is 1. The minimum absolute atomic E-state index is 0.0238. The Morgan fingerprint density at radius 1 is 0.964 bits per heavy atom. The second kappa shape index (κ2) is 8.05. The van der Waals surface area contributed by atoms with Crippen LogP contribution in [0.5, 0.6) is 0 Å². The number of benzene rings is 2. The Balaban J connectivity index is 1.41. The minimum Gasteiger partial charge on any atom is -0.336 e. The van der Waals surface area contributed by atoms with Crippen LogP contribution >= 0.6 is 0 Å². The van der Waals surface area contributed by atoms with E-state index in [1.165, 1.54) is 5.56 Å². The average Bonchev–Trinajstić information content (AvgIpc) is 3.05. The number of rotatable bonds is 3. The van der Waals surface area contributed by atoms with Gasteiger partial charge in [0.15, 0.2) is 0 Å². The van der Waals surface area contributed by atoms with Crippen molar-refractivity contribution in [2.45, 2.75) is 32.4 Å². The summed E-state index contributed by atoms with van der Waals surface area (Å²) in [6, 6.07) is 17.7. The monoisotopic (exact) mass is 377 g/mol. The topological polar surface area (TPSA) is 52.7 Å². The van der Waals surface area contributed by atoms with Gasteiger partial charge >= 0.3 is 6.03 Å². The SMILES string of the molecule is Cc1ccc(CNC(=O)N2C[C@H]3CC[C@@H]2CN(C(=O)c2ccccc2)C3)cc1. The van der Waals surface area contributed by atoms with Gasteiger partial charge in [0.1, 0.15) is 0 Å². The number of hydrogen-bond acceptors (Lipinski definition) is 2. The maximum absolute atomic E-state index is 12.9. The molecule has 28 heavy (non-hydrogen) atoms. The van der Waals surface area contributed by atoms with Crippen LogP contribution in [0.3, 0.4) is 0 Å². The first-order chi connectivity index (χ1) is 13.6. The van der Waals surface area contributed by atoms with Gasteiger partial charge in [-0.25, -0.2) is 4.79 Å². The number of hydrogen-bond donors (Lipinski definition) is 1. The molecule has 5 rings (SSSR count). The van der Waals surface area contributed by atoms with Crippen LogP contribution in [-0.2, 0) is 6.54 Å². The molecule has 5 heteroatoms. The number of carbonyl (C=O) groups excluding carboxylic acids is 2. The summed E-state index contributed by atoms with van der Waals surface area (Å²) in [6.07, 6.45) is 2.03. The van der Waals surface area contributed by atoms with Crippen molar-refractivity contribution in [1.29, 1.82) is 0 Å². The lowest BCUT2D eigenvalue weighted by molar-refractivity contribution is 0.0742. The van der Waals surface area contributed by atoms with Crippen LogP contribution in [0.25, 0.3) is 0 Å². The Hall–Kier alpha value is -2.82. The van der Waals surface area contributed by atoms with Gasteiger partial charge in [0.2, 0.25) is 0 Å². The van der Waals surface area contributed by atoms with E-state index in [2.05, 4.69) is 24.4 Å². The van der Waals surface area contributed by atoms with Crippen LogP contribution in [0.1, 0.15) is 34.3 Å². The zero-order chi connectivity index (χ0) is 19.5. The summed E-state index contributed by atoms with van der Waals surface area (Å²) in [5.41, 5.74) is 3.03. The van der Waals surface area contributed by atoms with Gasteiger partial charge in [0, 0.05) is 31.7 Å². The van der Waals surface area contributed by atoms with E-state index in [0.29, 0.717) is 19.0 Å². The molecule has 0 aliphatic carbocycles. The van der Waals surface area contributed by atoms with Crippen LogP contribution < -0.4 is 5.32 Å². The molecule has 0 saturated carbocycles. The quantitative estimate of drug-likeness (QED) is 0.891. The summed E-state index contributed by atoms with van der Waals surface area (Å²) in [5.74, 6) is 0.413. The van der Waals surface area contributed by atoms with Gasteiger partial charge in [-0.3, -0.25) is 4.79 Å². The lowest BCUT2D eigenvalue weighted by Crippen LogP contribution is -2.51. The minimum atomic E-state index is -0.0238. The van der Waals surface area contributed by atoms with Crippen LogP contribution in [0.4, 0.5) is 4.79 Å². The maximum atomic E-state index is 12.9. The molecule has 0 spiro atoms. The zero-order valence-corrected chi connectivity index (χ0v) is 16.3. The average molecular weight is 377 g/mol. The van der Waals surface area contributed by atoms with Gasteiger partial charge < -0.3 is 15.1 Å². The van der Waals surface area contributed by atoms with E-state index in [0.717, 1.165) is 37.1 Å².